The standard InChI is InChI=1S/C29H33Cl2N3O4S/c1-4-21(2)32-29(36)27(18-22-12-6-5-7-13-22)33(19-23-14-8-9-15-24(23)30)28(35)20-34(39(3,37)38)26-17-11-10-16-25(26)31/h5-17,21,27H,4,18-20H2,1-3H3,(H,32,36)/t21-,27-/m0/s1. The minimum Gasteiger partial charge on any atom is -0.352 e. The predicted octanol–water partition coefficient (Wildman–Crippen LogP) is 5.31. The first kappa shape index (κ1) is 30.5. The van der Waals surface area contributed by atoms with Crippen LogP contribution in [0.5, 0.6) is 0 Å². The second kappa shape index (κ2) is 13.8. The lowest BCUT2D eigenvalue weighted by molar-refractivity contribution is -0.140. The molecule has 3 aromatic rings. The molecule has 0 fully saturated rings. The maximum atomic E-state index is 14.0. The minimum atomic E-state index is -3.90. The summed E-state index contributed by atoms with van der Waals surface area (Å²) in [6.07, 6.45) is 1.94. The maximum absolute atomic E-state index is 14.0. The van der Waals surface area contributed by atoms with E-state index >= 15 is 0 Å². The molecule has 39 heavy (non-hydrogen) atoms. The number of rotatable bonds is 12. The first-order chi connectivity index (χ1) is 18.5. The van der Waals surface area contributed by atoms with Crippen molar-refractivity contribution in [3.63, 3.8) is 0 Å². The van der Waals surface area contributed by atoms with Crippen molar-refractivity contribution < 1.29 is 18.0 Å². The van der Waals surface area contributed by atoms with E-state index in [1.54, 1.807) is 42.5 Å². The van der Waals surface area contributed by atoms with Gasteiger partial charge in [0.15, 0.2) is 0 Å². The maximum Gasteiger partial charge on any atom is 0.244 e. The highest BCUT2D eigenvalue weighted by Crippen LogP contribution is 2.28. The number of hydrogen-bond donors (Lipinski definition) is 1. The van der Waals surface area contributed by atoms with Gasteiger partial charge in [0.2, 0.25) is 21.8 Å². The van der Waals surface area contributed by atoms with Crippen molar-refractivity contribution in [2.45, 2.75) is 45.3 Å². The van der Waals surface area contributed by atoms with Crippen LogP contribution in [0.4, 0.5) is 5.69 Å². The van der Waals surface area contributed by atoms with Gasteiger partial charge in [-0.1, -0.05) is 90.8 Å². The second-order valence-corrected chi connectivity index (χ2v) is 12.1. The molecule has 0 heterocycles. The van der Waals surface area contributed by atoms with Crippen molar-refractivity contribution in [1.29, 1.82) is 0 Å². The van der Waals surface area contributed by atoms with Crippen LogP contribution in [-0.4, -0.2) is 50.0 Å². The molecular weight excluding hydrogens is 557 g/mol. The number of carbonyl (C=O) groups excluding carboxylic acids is 2. The second-order valence-electron chi connectivity index (χ2n) is 9.36. The number of nitrogens with zero attached hydrogens (tertiary/aromatic N) is 2. The van der Waals surface area contributed by atoms with Gasteiger partial charge >= 0.3 is 0 Å². The Morgan fingerprint density at radius 3 is 2.08 bits per heavy atom. The summed E-state index contributed by atoms with van der Waals surface area (Å²) in [5.74, 6) is -0.905. The van der Waals surface area contributed by atoms with Gasteiger partial charge in [-0.2, -0.15) is 0 Å². The predicted molar refractivity (Wildman–Crippen MR) is 157 cm³/mol. The Balaban J connectivity index is 2.08. The summed E-state index contributed by atoms with van der Waals surface area (Å²) < 4.78 is 26.6. The van der Waals surface area contributed by atoms with E-state index in [9.17, 15) is 18.0 Å². The van der Waals surface area contributed by atoms with E-state index < -0.39 is 28.5 Å². The van der Waals surface area contributed by atoms with E-state index in [1.165, 1.54) is 11.0 Å². The van der Waals surface area contributed by atoms with Gasteiger partial charge in [0, 0.05) is 24.0 Å². The Labute approximate surface area is 240 Å². The van der Waals surface area contributed by atoms with Gasteiger partial charge in [-0.15, -0.1) is 0 Å². The third-order valence-corrected chi connectivity index (χ3v) is 8.19. The Bertz CT molecular complexity index is 1390. The van der Waals surface area contributed by atoms with Crippen LogP contribution in [0.1, 0.15) is 31.4 Å². The largest absolute Gasteiger partial charge is 0.352 e. The molecule has 0 unspecified atom stereocenters. The first-order valence-electron chi connectivity index (χ1n) is 12.6. The molecule has 2 atom stereocenters. The van der Waals surface area contributed by atoms with Crippen molar-refractivity contribution in [3.8, 4) is 0 Å². The van der Waals surface area contributed by atoms with Crippen LogP contribution in [0, 0.1) is 0 Å². The Morgan fingerprint density at radius 1 is 0.897 bits per heavy atom. The topological polar surface area (TPSA) is 86.8 Å². The lowest BCUT2D eigenvalue weighted by Gasteiger charge is -2.34. The zero-order valence-corrected chi connectivity index (χ0v) is 24.5. The SMILES string of the molecule is CC[C@H](C)NC(=O)[C@H](Cc1ccccc1)N(Cc1ccccc1Cl)C(=O)CN(c1ccccc1Cl)S(C)(=O)=O. The highest BCUT2D eigenvalue weighted by Gasteiger charge is 2.34. The van der Waals surface area contributed by atoms with Gasteiger partial charge in [0.05, 0.1) is 17.0 Å². The molecule has 3 rings (SSSR count). The molecule has 3 aromatic carbocycles. The number of nitrogens with one attached hydrogen (secondary N) is 1. The van der Waals surface area contributed by atoms with Crippen molar-refractivity contribution >= 4 is 50.7 Å². The molecule has 0 aliphatic carbocycles. The zero-order chi connectivity index (χ0) is 28.6. The molecule has 2 amide bonds. The summed E-state index contributed by atoms with van der Waals surface area (Å²) in [5, 5.41) is 3.61. The van der Waals surface area contributed by atoms with Gasteiger partial charge in [-0.25, -0.2) is 8.42 Å². The number of sulfonamides is 1. The molecule has 0 spiro atoms. The van der Waals surface area contributed by atoms with Crippen molar-refractivity contribution in [2.75, 3.05) is 17.1 Å². The summed E-state index contributed by atoms with van der Waals surface area (Å²) in [4.78, 5) is 29.1. The Morgan fingerprint density at radius 2 is 1.49 bits per heavy atom. The van der Waals surface area contributed by atoms with Crippen LogP contribution in [-0.2, 0) is 32.6 Å². The third kappa shape index (κ3) is 8.46. The van der Waals surface area contributed by atoms with Crippen LogP contribution in [0.3, 0.4) is 0 Å². The molecular formula is C29H33Cl2N3O4S. The highest BCUT2D eigenvalue weighted by molar-refractivity contribution is 7.92. The number of hydrogen-bond acceptors (Lipinski definition) is 4. The van der Waals surface area contributed by atoms with Crippen LogP contribution in [0.25, 0.3) is 0 Å². The molecule has 0 aliphatic rings. The van der Waals surface area contributed by atoms with E-state index in [1.807, 2.05) is 44.2 Å². The zero-order valence-electron chi connectivity index (χ0n) is 22.2. The third-order valence-electron chi connectivity index (χ3n) is 6.37. The fourth-order valence-corrected chi connectivity index (χ4v) is 5.40. The van der Waals surface area contributed by atoms with E-state index in [4.69, 9.17) is 23.2 Å². The number of carbonyl (C=O) groups is 2. The van der Waals surface area contributed by atoms with E-state index in [0.29, 0.717) is 17.0 Å². The molecule has 10 heteroatoms. The van der Waals surface area contributed by atoms with Crippen LogP contribution in [0.2, 0.25) is 10.0 Å². The minimum absolute atomic E-state index is 0.00402. The number of anilines is 1. The molecule has 0 saturated carbocycles. The lowest BCUT2D eigenvalue weighted by Crippen LogP contribution is -2.54. The lowest BCUT2D eigenvalue weighted by atomic mass is 10.0. The summed E-state index contributed by atoms with van der Waals surface area (Å²) in [5.41, 5.74) is 1.66. The summed E-state index contributed by atoms with van der Waals surface area (Å²) in [7, 11) is -3.90. The van der Waals surface area contributed by atoms with Crippen LogP contribution in [0.15, 0.2) is 78.9 Å². The number of para-hydroxylation sites is 1. The first-order valence-corrected chi connectivity index (χ1v) is 15.2. The number of amides is 2. The normalized spacial score (nSPS) is 12.8. The van der Waals surface area contributed by atoms with Crippen molar-refractivity contribution in [2.24, 2.45) is 0 Å². The van der Waals surface area contributed by atoms with Crippen molar-refractivity contribution in [3.05, 3.63) is 100 Å². The number of halogens is 2. The molecule has 0 radical (unpaired) electrons. The smallest absolute Gasteiger partial charge is 0.244 e. The Kier molecular flexibility index (Phi) is 10.8. The van der Waals surface area contributed by atoms with Crippen molar-refractivity contribution in [1.82, 2.24) is 10.2 Å². The summed E-state index contributed by atoms with van der Waals surface area (Å²) in [6.45, 7) is 3.30. The van der Waals surface area contributed by atoms with Gasteiger partial charge < -0.3 is 10.2 Å². The van der Waals surface area contributed by atoms with Gasteiger partial charge in [0.1, 0.15) is 12.6 Å². The Hall–Kier alpha value is -3.07. The van der Waals surface area contributed by atoms with E-state index in [-0.39, 0.29) is 35.6 Å². The molecule has 7 nitrogen and oxygen atoms in total. The van der Waals surface area contributed by atoms with Crippen LogP contribution >= 0.6 is 23.2 Å². The van der Waals surface area contributed by atoms with E-state index in [2.05, 4.69) is 5.32 Å². The van der Waals surface area contributed by atoms with Crippen LogP contribution < -0.4 is 9.62 Å². The van der Waals surface area contributed by atoms with Gasteiger partial charge in [0.25, 0.3) is 0 Å². The van der Waals surface area contributed by atoms with E-state index in [0.717, 1.165) is 16.1 Å². The molecule has 0 bridgehead atoms. The average molecular weight is 591 g/mol. The fraction of sp³-hybridized carbons (Fsp3) is 0.310. The fourth-order valence-electron chi connectivity index (χ4n) is 4.05. The molecule has 208 valence electrons. The average Bonchev–Trinajstić information content (AvgIpc) is 2.90. The molecule has 0 aliphatic heterocycles. The monoisotopic (exact) mass is 589 g/mol. The summed E-state index contributed by atoms with van der Waals surface area (Å²) in [6, 6.07) is 21.8. The number of benzene rings is 3. The molecule has 1 N–H and O–H groups in total. The molecule has 0 aromatic heterocycles. The van der Waals surface area contributed by atoms with Gasteiger partial charge in [-0.3, -0.25) is 13.9 Å². The van der Waals surface area contributed by atoms with Gasteiger partial charge in [-0.05, 0) is 42.7 Å². The highest BCUT2D eigenvalue weighted by atomic mass is 35.5. The molecule has 0 saturated heterocycles. The summed E-state index contributed by atoms with van der Waals surface area (Å²) >= 11 is 12.8. The quantitative estimate of drug-likeness (QED) is 0.310.